The van der Waals surface area contributed by atoms with E-state index in [0.717, 1.165) is 29.4 Å². The molecule has 2 heterocycles. The second-order valence-corrected chi connectivity index (χ2v) is 6.97. The molecule has 1 aromatic heterocycles. The number of hydrogen-bond acceptors (Lipinski definition) is 6. The van der Waals surface area contributed by atoms with Crippen LogP contribution in [0.4, 0.5) is 0 Å². The van der Waals surface area contributed by atoms with E-state index in [0.29, 0.717) is 31.5 Å². The normalized spacial score (nSPS) is 21.3. The van der Waals surface area contributed by atoms with Crippen LogP contribution in [-0.4, -0.2) is 54.1 Å². The first-order valence-electron chi connectivity index (χ1n) is 8.83. The van der Waals surface area contributed by atoms with Crippen molar-refractivity contribution in [3.8, 4) is 11.5 Å². The number of nitrogens with zero attached hydrogens (tertiary/aromatic N) is 3. The number of ether oxygens (including phenoxy) is 2. The molecule has 3 aromatic rings. The van der Waals surface area contributed by atoms with Crippen LogP contribution in [0.15, 0.2) is 46.9 Å². The van der Waals surface area contributed by atoms with Gasteiger partial charge in [-0.25, -0.2) is 0 Å². The summed E-state index contributed by atoms with van der Waals surface area (Å²) in [5, 5.41) is 10.8. The van der Waals surface area contributed by atoms with E-state index in [4.69, 9.17) is 13.9 Å². The van der Waals surface area contributed by atoms with Crippen molar-refractivity contribution in [3.63, 3.8) is 0 Å². The maximum Gasteiger partial charge on any atom is 0.248 e. The van der Waals surface area contributed by atoms with Gasteiger partial charge in [-0.2, -0.15) is 0 Å². The van der Waals surface area contributed by atoms with Crippen LogP contribution < -0.4 is 0 Å². The van der Waals surface area contributed by atoms with Gasteiger partial charge >= 0.3 is 0 Å². The highest BCUT2D eigenvalue weighted by molar-refractivity contribution is 5.94. The van der Waals surface area contributed by atoms with Crippen LogP contribution in [0.25, 0.3) is 22.2 Å². The Kier molecular flexibility index (Phi) is 4.72. The number of morpholine rings is 1. The minimum absolute atomic E-state index is 0.300. The molecule has 1 unspecified atom stereocenters. The Balaban J connectivity index is 1.53. The van der Waals surface area contributed by atoms with E-state index >= 15 is 0 Å². The van der Waals surface area contributed by atoms with Gasteiger partial charge in [0.2, 0.25) is 11.8 Å². The first kappa shape index (κ1) is 17.1. The molecule has 0 saturated carbocycles. The summed E-state index contributed by atoms with van der Waals surface area (Å²) in [5.74, 6) is 1.18. The molecule has 0 spiro atoms. The zero-order chi connectivity index (χ0) is 18.0. The first-order chi connectivity index (χ1) is 12.7. The maximum atomic E-state index is 5.97. The third kappa shape index (κ3) is 3.49. The van der Waals surface area contributed by atoms with E-state index in [1.807, 2.05) is 24.3 Å². The summed E-state index contributed by atoms with van der Waals surface area (Å²) in [6.45, 7) is 5.52. The summed E-state index contributed by atoms with van der Waals surface area (Å²) in [6.07, 6.45) is 0. The highest BCUT2D eigenvalue weighted by Crippen LogP contribution is 2.28. The smallest absolute Gasteiger partial charge is 0.248 e. The van der Waals surface area contributed by atoms with Crippen molar-refractivity contribution >= 4 is 10.8 Å². The van der Waals surface area contributed by atoms with Crippen LogP contribution in [0.5, 0.6) is 0 Å². The topological polar surface area (TPSA) is 60.6 Å². The van der Waals surface area contributed by atoms with Crippen molar-refractivity contribution < 1.29 is 13.9 Å². The fourth-order valence-corrected chi connectivity index (χ4v) is 3.58. The zero-order valence-corrected chi connectivity index (χ0v) is 15.1. The van der Waals surface area contributed by atoms with Gasteiger partial charge in [0.15, 0.2) is 0 Å². The van der Waals surface area contributed by atoms with E-state index in [2.05, 4.69) is 40.2 Å². The minimum atomic E-state index is -0.300. The SMILES string of the molecule is COCC1(C)CN(Cc2nnc(-c3cccc4ccccc34)o2)CCO1. The third-order valence-electron chi connectivity index (χ3n) is 4.71. The standard InChI is InChI=1S/C20H23N3O3/c1-20(14-24-2)13-23(10-11-25-20)12-18-21-22-19(26-18)17-9-5-7-15-6-3-4-8-16(15)17/h3-9H,10-14H2,1-2H3. The van der Waals surface area contributed by atoms with Gasteiger partial charge in [-0.1, -0.05) is 36.4 Å². The Morgan fingerprint density at radius 1 is 1.15 bits per heavy atom. The highest BCUT2D eigenvalue weighted by atomic mass is 16.5. The zero-order valence-electron chi connectivity index (χ0n) is 15.1. The van der Waals surface area contributed by atoms with Crippen LogP contribution in [0.3, 0.4) is 0 Å². The Bertz CT molecular complexity index is 885. The number of hydrogen-bond donors (Lipinski definition) is 0. The largest absolute Gasteiger partial charge is 0.419 e. The molecular formula is C20H23N3O3. The molecule has 26 heavy (non-hydrogen) atoms. The van der Waals surface area contributed by atoms with E-state index in [1.165, 1.54) is 0 Å². The molecule has 6 heteroatoms. The Morgan fingerprint density at radius 2 is 2.00 bits per heavy atom. The molecule has 0 amide bonds. The van der Waals surface area contributed by atoms with Gasteiger partial charge in [0.25, 0.3) is 0 Å². The lowest BCUT2D eigenvalue weighted by Crippen LogP contribution is -2.52. The van der Waals surface area contributed by atoms with Crippen LogP contribution in [0.2, 0.25) is 0 Å². The van der Waals surface area contributed by atoms with E-state index in [9.17, 15) is 0 Å². The molecule has 4 rings (SSSR count). The minimum Gasteiger partial charge on any atom is -0.419 e. The molecule has 1 saturated heterocycles. The van der Waals surface area contributed by atoms with Crippen molar-refractivity contribution in [2.45, 2.75) is 19.1 Å². The van der Waals surface area contributed by atoms with Crippen molar-refractivity contribution in [2.75, 3.05) is 33.4 Å². The predicted molar refractivity (Wildman–Crippen MR) is 98.8 cm³/mol. The van der Waals surface area contributed by atoms with Crippen LogP contribution >= 0.6 is 0 Å². The molecule has 0 radical (unpaired) electrons. The molecule has 1 fully saturated rings. The number of rotatable bonds is 5. The summed E-state index contributed by atoms with van der Waals surface area (Å²) in [6, 6.07) is 14.3. The van der Waals surface area contributed by atoms with Crippen molar-refractivity contribution in [2.24, 2.45) is 0 Å². The van der Waals surface area contributed by atoms with Gasteiger partial charge in [0.05, 0.1) is 19.8 Å². The molecule has 1 aliphatic heterocycles. The quantitative estimate of drug-likeness (QED) is 0.702. The first-order valence-corrected chi connectivity index (χ1v) is 8.83. The van der Waals surface area contributed by atoms with Crippen molar-refractivity contribution in [3.05, 3.63) is 48.4 Å². The Hall–Kier alpha value is -2.28. The van der Waals surface area contributed by atoms with Gasteiger partial charge in [0, 0.05) is 25.8 Å². The number of aromatic nitrogens is 2. The lowest BCUT2D eigenvalue weighted by atomic mass is 10.0. The summed E-state index contributed by atoms with van der Waals surface area (Å²) in [5.41, 5.74) is 0.666. The average molecular weight is 353 g/mol. The van der Waals surface area contributed by atoms with Crippen LogP contribution in [-0.2, 0) is 16.0 Å². The van der Waals surface area contributed by atoms with Gasteiger partial charge in [-0.05, 0) is 23.8 Å². The number of fused-ring (bicyclic) bond motifs is 1. The Morgan fingerprint density at radius 3 is 2.88 bits per heavy atom. The fourth-order valence-electron chi connectivity index (χ4n) is 3.58. The molecular weight excluding hydrogens is 330 g/mol. The molecule has 0 N–H and O–H groups in total. The third-order valence-corrected chi connectivity index (χ3v) is 4.71. The highest BCUT2D eigenvalue weighted by Gasteiger charge is 2.32. The predicted octanol–water partition coefficient (Wildman–Crippen LogP) is 3.13. The molecule has 136 valence electrons. The second-order valence-electron chi connectivity index (χ2n) is 6.97. The maximum absolute atomic E-state index is 5.97. The Labute approximate surface area is 152 Å². The molecule has 1 aliphatic rings. The van der Waals surface area contributed by atoms with Gasteiger partial charge in [0.1, 0.15) is 5.60 Å². The number of benzene rings is 2. The fraction of sp³-hybridized carbons (Fsp3) is 0.400. The van der Waals surface area contributed by atoms with Crippen molar-refractivity contribution in [1.82, 2.24) is 15.1 Å². The summed E-state index contributed by atoms with van der Waals surface area (Å²) in [7, 11) is 1.70. The van der Waals surface area contributed by atoms with E-state index < -0.39 is 0 Å². The molecule has 0 aliphatic carbocycles. The monoisotopic (exact) mass is 353 g/mol. The second kappa shape index (κ2) is 7.15. The molecule has 0 bridgehead atoms. The average Bonchev–Trinajstić information content (AvgIpc) is 3.09. The molecule has 6 nitrogen and oxygen atoms in total. The van der Waals surface area contributed by atoms with Crippen LogP contribution in [0, 0.1) is 0 Å². The lowest BCUT2D eigenvalue weighted by Gasteiger charge is -2.39. The van der Waals surface area contributed by atoms with E-state index in [1.54, 1.807) is 7.11 Å². The summed E-state index contributed by atoms with van der Waals surface area (Å²) >= 11 is 0. The molecule has 2 aromatic carbocycles. The van der Waals surface area contributed by atoms with Gasteiger partial charge in [-0.15, -0.1) is 10.2 Å². The van der Waals surface area contributed by atoms with E-state index in [-0.39, 0.29) is 5.60 Å². The molecule has 1 atom stereocenters. The summed E-state index contributed by atoms with van der Waals surface area (Å²) in [4.78, 5) is 2.27. The van der Waals surface area contributed by atoms with Crippen LogP contribution in [0.1, 0.15) is 12.8 Å². The van der Waals surface area contributed by atoms with Gasteiger partial charge in [-0.3, -0.25) is 4.90 Å². The van der Waals surface area contributed by atoms with Crippen molar-refractivity contribution in [1.29, 1.82) is 0 Å². The number of methoxy groups -OCH3 is 1. The van der Waals surface area contributed by atoms with Gasteiger partial charge < -0.3 is 13.9 Å². The lowest BCUT2D eigenvalue weighted by molar-refractivity contribution is -0.130. The summed E-state index contributed by atoms with van der Waals surface area (Å²) < 4.78 is 17.1.